The highest BCUT2D eigenvalue weighted by Gasteiger charge is 2.30. The SMILES string of the molecule is COc1ccc(C)cc1S(=O)(=O)NNC(=O)C[C@H]1CCS(=O)(=O)C1. The van der Waals surface area contributed by atoms with Crippen LogP contribution in [0.4, 0.5) is 0 Å². The Morgan fingerprint density at radius 2 is 2.08 bits per heavy atom. The maximum absolute atomic E-state index is 12.3. The van der Waals surface area contributed by atoms with Gasteiger partial charge < -0.3 is 4.74 Å². The fraction of sp³-hybridized carbons (Fsp3) is 0.500. The van der Waals surface area contributed by atoms with Crippen LogP contribution in [0.2, 0.25) is 0 Å². The first-order chi connectivity index (χ1) is 11.1. The lowest BCUT2D eigenvalue weighted by Crippen LogP contribution is -2.42. The molecule has 0 aliphatic carbocycles. The lowest BCUT2D eigenvalue weighted by Gasteiger charge is -2.13. The molecule has 1 aliphatic heterocycles. The average Bonchev–Trinajstić information content (AvgIpc) is 2.84. The summed E-state index contributed by atoms with van der Waals surface area (Å²) in [5.41, 5.74) is 2.84. The number of hydrogen-bond acceptors (Lipinski definition) is 6. The minimum atomic E-state index is -4.00. The van der Waals surface area contributed by atoms with Crippen LogP contribution in [0.25, 0.3) is 0 Å². The maximum Gasteiger partial charge on any atom is 0.261 e. The number of sulfone groups is 1. The van der Waals surface area contributed by atoms with E-state index in [9.17, 15) is 21.6 Å². The monoisotopic (exact) mass is 376 g/mol. The molecule has 0 spiro atoms. The van der Waals surface area contributed by atoms with Gasteiger partial charge in [-0.25, -0.2) is 16.8 Å². The second-order valence-electron chi connectivity index (χ2n) is 5.78. The highest BCUT2D eigenvalue weighted by atomic mass is 32.2. The molecule has 1 heterocycles. The Labute approximate surface area is 141 Å². The highest BCUT2D eigenvalue weighted by molar-refractivity contribution is 7.91. The summed E-state index contributed by atoms with van der Waals surface area (Å²) in [6.07, 6.45) is 0.362. The predicted octanol–water partition coefficient (Wildman–Crippen LogP) is 0.138. The minimum absolute atomic E-state index is 0.0428. The van der Waals surface area contributed by atoms with Gasteiger partial charge in [0.2, 0.25) is 5.91 Å². The molecule has 0 unspecified atom stereocenters. The van der Waals surface area contributed by atoms with Gasteiger partial charge in [-0.2, -0.15) is 0 Å². The number of carbonyl (C=O) groups excluding carboxylic acids is 1. The Kier molecular flexibility index (Phi) is 5.51. The third kappa shape index (κ3) is 4.68. The van der Waals surface area contributed by atoms with Crippen LogP contribution in [0, 0.1) is 12.8 Å². The zero-order chi connectivity index (χ0) is 18.0. The number of nitrogens with one attached hydrogen (secondary N) is 2. The molecule has 1 saturated heterocycles. The molecule has 1 atom stereocenters. The first-order valence-electron chi connectivity index (χ1n) is 7.29. The highest BCUT2D eigenvalue weighted by Crippen LogP contribution is 2.24. The molecule has 0 radical (unpaired) electrons. The number of hydrazine groups is 1. The molecule has 0 saturated carbocycles. The molecule has 2 rings (SSSR count). The van der Waals surface area contributed by atoms with E-state index in [1.165, 1.54) is 19.2 Å². The van der Waals surface area contributed by atoms with Crippen molar-refractivity contribution in [3.05, 3.63) is 23.8 Å². The summed E-state index contributed by atoms with van der Waals surface area (Å²) in [5, 5.41) is 0. The van der Waals surface area contributed by atoms with Gasteiger partial charge in [0.1, 0.15) is 10.6 Å². The Morgan fingerprint density at radius 1 is 1.38 bits per heavy atom. The van der Waals surface area contributed by atoms with Crippen molar-refractivity contribution >= 4 is 25.8 Å². The van der Waals surface area contributed by atoms with Crippen molar-refractivity contribution in [2.24, 2.45) is 5.92 Å². The van der Waals surface area contributed by atoms with Crippen LogP contribution in [0.15, 0.2) is 23.1 Å². The average molecular weight is 376 g/mol. The Balaban J connectivity index is 2.00. The van der Waals surface area contributed by atoms with Gasteiger partial charge in [-0.15, -0.1) is 4.83 Å². The molecule has 134 valence electrons. The molecule has 1 aromatic rings. The molecule has 1 aromatic carbocycles. The van der Waals surface area contributed by atoms with Crippen molar-refractivity contribution in [1.82, 2.24) is 10.3 Å². The molecular formula is C14H20N2O6S2. The number of benzene rings is 1. The van der Waals surface area contributed by atoms with E-state index in [0.29, 0.717) is 6.42 Å². The van der Waals surface area contributed by atoms with Crippen LogP contribution >= 0.6 is 0 Å². The van der Waals surface area contributed by atoms with Crippen LogP contribution in [0.1, 0.15) is 18.4 Å². The molecule has 2 N–H and O–H groups in total. The van der Waals surface area contributed by atoms with Gasteiger partial charge in [-0.05, 0) is 37.0 Å². The predicted molar refractivity (Wildman–Crippen MR) is 87.6 cm³/mol. The Bertz CT molecular complexity index is 833. The second-order valence-corrected chi connectivity index (χ2v) is 9.66. The molecule has 24 heavy (non-hydrogen) atoms. The molecule has 1 amide bonds. The molecular weight excluding hydrogens is 356 g/mol. The van der Waals surface area contributed by atoms with Gasteiger partial charge in [0.15, 0.2) is 9.84 Å². The summed E-state index contributed by atoms with van der Waals surface area (Å²) in [6.45, 7) is 1.73. The molecule has 1 fully saturated rings. The van der Waals surface area contributed by atoms with E-state index >= 15 is 0 Å². The normalized spacial score (nSPS) is 19.8. The van der Waals surface area contributed by atoms with Crippen molar-refractivity contribution in [2.45, 2.75) is 24.7 Å². The fourth-order valence-electron chi connectivity index (χ4n) is 2.52. The molecule has 0 bridgehead atoms. The number of aryl methyl sites for hydroxylation is 1. The lowest BCUT2D eigenvalue weighted by molar-refractivity contribution is -0.122. The van der Waals surface area contributed by atoms with Gasteiger partial charge in [-0.1, -0.05) is 6.07 Å². The number of ether oxygens (including phenoxy) is 1. The summed E-state index contributed by atoms with van der Waals surface area (Å²) in [4.78, 5) is 13.8. The number of methoxy groups -OCH3 is 1. The van der Waals surface area contributed by atoms with Crippen LogP contribution in [0.3, 0.4) is 0 Å². The van der Waals surface area contributed by atoms with Crippen molar-refractivity contribution in [1.29, 1.82) is 0 Å². The maximum atomic E-state index is 12.3. The van der Waals surface area contributed by atoms with E-state index in [2.05, 4.69) is 5.43 Å². The van der Waals surface area contributed by atoms with E-state index in [4.69, 9.17) is 4.74 Å². The molecule has 0 aromatic heterocycles. The molecule has 10 heteroatoms. The van der Waals surface area contributed by atoms with Crippen molar-refractivity contribution in [3.8, 4) is 5.75 Å². The smallest absolute Gasteiger partial charge is 0.261 e. The van der Waals surface area contributed by atoms with Gasteiger partial charge in [-0.3, -0.25) is 10.2 Å². The fourth-order valence-corrected chi connectivity index (χ4v) is 5.50. The Morgan fingerprint density at radius 3 is 2.67 bits per heavy atom. The van der Waals surface area contributed by atoms with Gasteiger partial charge in [0.05, 0.1) is 18.6 Å². The first kappa shape index (κ1) is 18.7. The van der Waals surface area contributed by atoms with E-state index in [0.717, 1.165) is 5.56 Å². The minimum Gasteiger partial charge on any atom is -0.495 e. The lowest BCUT2D eigenvalue weighted by atomic mass is 10.1. The number of rotatable bonds is 6. The summed E-state index contributed by atoms with van der Waals surface area (Å²) < 4.78 is 52.4. The topological polar surface area (TPSA) is 119 Å². The van der Waals surface area contributed by atoms with E-state index in [1.54, 1.807) is 13.0 Å². The van der Waals surface area contributed by atoms with Crippen LogP contribution < -0.4 is 15.0 Å². The zero-order valence-electron chi connectivity index (χ0n) is 13.4. The number of hydrogen-bond donors (Lipinski definition) is 2. The summed E-state index contributed by atoms with van der Waals surface area (Å²) in [5.74, 6) is -0.680. The zero-order valence-corrected chi connectivity index (χ0v) is 15.0. The number of amides is 1. The van der Waals surface area contributed by atoms with Crippen LogP contribution in [0.5, 0.6) is 5.75 Å². The van der Waals surface area contributed by atoms with Crippen LogP contribution in [-0.4, -0.2) is 41.4 Å². The first-order valence-corrected chi connectivity index (χ1v) is 10.6. The van der Waals surface area contributed by atoms with Crippen molar-refractivity contribution in [2.75, 3.05) is 18.6 Å². The van der Waals surface area contributed by atoms with Crippen molar-refractivity contribution < 1.29 is 26.4 Å². The quantitative estimate of drug-likeness (QED) is 0.682. The summed E-state index contributed by atoms with van der Waals surface area (Å²) in [6, 6.07) is 4.66. The molecule has 8 nitrogen and oxygen atoms in total. The molecule has 1 aliphatic rings. The largest absolute Gasteiger partial charge is 0.495 e. The van der Waals surface area contributed by atoms with E-state index in [1.807, 2.05) is 4.83 Å². The third-order valence-corrected chi connectivity index (χ3v) is 6.84. The summed E-state index contributed by atoms with van der Waals surface area (Å²) >= 11 is 0. The standard InChI is InChI=1S/C14H20N2O6S2/c1-10-3-4-12(22-2)13(7-10)24(20,21)16-15-14(17)8-11-5-6-23(18,19)9-11/h3-4,7,11,16H,5-6,8-9H2,1-2H3,(H,15,17)/t11-/m1/s1. The number of carbonyl (C=O) groups is 1. The van der Waals surface area contributed by atoms with Gasteiger partial charge in [0.25, 0.3) is 10.0 Å². The van der Waals surface area contributed by atoms with Crippen molar-refractivity contribution in [3.63, 3.8) is 0 Å². The third-order valence-electron chi connectivity index (χ3n) is 3.73. The second kappa shape index (κ2) is 7.08. The van der Waals surface area contributed by atoms with Gasteiger partial charge >= 0.3 is 0 Å². The van der Waals surface area contributed by atoms with E-state index in [-0.39, 0.29) is 34.5 Å². The van der Waals surface area contributed by atoms with Gasteiger partial charge in [0, 0.05) is 6.42 Å². The Hall–Kier alpha value is -1.65. The number of sulfonamides is 1. The van der Waals surface area contributed by atoms with E-state index < -0.39 is 25.8 Å². The van der Waals surface area contributed by atoms with Crippen LogP contribution in [-0.2, 0) is 24.7 Å². The summed E-state index contributed by atoms with van der Waals surface area (Å²) in [7, 11) is -5.73.